The number of alkyl halides is 2. The Kier molecular flexibility index (Phi) is 4.68. The molecular formula is C18H15ClF3N3O4. The van der Waals surface area contributed by atoms with Crippen molar-refractivity contribution >= 4 is 23.4 Å². The lowest BCUT2D eigenvalue weighted by molar-refractivity contribution is -0.141. The van der Waals surface area contributed by atoms with Crippen LogP contribution in [-0.2, 0) is 4.79 Å². The first-order valence-electron chi connectivity index (χ1n) is 8.65. The Labute approximate surface area is 167 Å². The molecule has 0 saturated heterocycles. The maximum atomic E-state index is 13.4. The van der Waals surface area contributed by atoms with Gasteiger partial charge in [-0.1, -0.05) is 16.8 Å². The summed E-state index contributed by atoms with van der Waals surface area (Å²) < 4.78 is 48.3. The Morgan fingerprint density at radius 2 is 1.90 bits per heavy atom. The van der Waals surface area contributed by atoms with E-state index in [0.717, 1.165) is 12.1 Å². The lowest BCUT2D eigenvalue weighted by atomic mass is 9.44. The van der Waals surface area contributed by atoms with E-state index >= 15 is 0 Å². The summed E-state index contributed by atoms with van der Waals surface area (Å²) in [5, 5.41) is 8.68. The van der Waals surface area contributed by atoms with E-state index in [1.807, 2.05) is 0 Å². The summed E-state index contributed by atoms with van der Waals surface area (Å²) in [5.41, 5.74) is -1.53. The Balaban J connectivity index is 1.23. The number of halogens is 4. The zero-order valence-electron chi connectivity index (χ0n) is 14.8. The van der Waals surface area contributed by atoms with E-state index in [4.69, 9.17) is 16.3 Å². The molecule has 11 heteroatoms. The van der Waals surface area contributed by atoms with Crippen molar-refractivity contribution in [3.05, 3.63) is 46.6 Å². The SMILES string of the molecule is O=C(COc1ccc(Cl)c(F)c1)NC12CC(NC(=O)c3cc(C(F)F)no3)(C1)C2. The second kappa shape index (κ2) is 6.94. The van der Waals surface area contributed by atoms with Gasteiger partial charge in [-0.25, -0.2) is 13.2 Å². The van der Waals surface area contributed by atoms with Gasteiger partial charge in [0.25, 0.3) is 18.2 Å². The van der Waals surface area contributed by atoms with Crippen molar-refractivity contribution in [2.24, 2.45) is 0 Å². The second-order valence-electron chi connectivity index (χ2n) is 7.37. The highest BCUT2D eigenvalue weighted by atomic mass is 35.5. The standard InChI is InChI=1S/C18H15ClF3N3O4/c19-10-2-1-9(3-11(10)20)28-5-14(26)23-17-6-18(7-17,8-17)24-16(27)13-4-12(15(21)22)25-29-13/h1-4,15H,5-8H2,(H,23,26)(H,24,27). The number of hydrogen-bond donors (Lipinski definition) is 2. The van der Waals surface area contributed by atoms with Gasteiger partial charge in [0.2, 0.25) is 5.76 Å². The number of ether oxygens (including phenoxy) is 1. The number of aromatic nitrogens is 1. The molecule has 0 unspecified atom stereocenters. The normalized spacial score (nSPS) is 24.4. The molecule has 3 fully saturated rings. The summed E-state index contributed by atoms with van der Waals surface area (Å²) >= 11 is 5.58. The number of benzene rings is 1. The maximum Gasteiger partial charge on any atom is 0.290 e. The molecule has 3 aliphatic carbocycles. The van der Waals surface area contributed by atoms with E-state index in [2.05, 4.69) is 20.3 Å². The van der Waals surface area contributed by atoms with Gasteiger partial charge in [0.15, 0.2) is 12.3 Å². The highest BCUT2D eigenvalue weighted by Crippen LogP contribution is 2.60. The van der Waals surface area contributed by atoms with Gasteiger partial charge in [0.05, 0.1) is 5.02 Å². The topological polar surface area (TPSA) is 93.5 Å². The van der Waals surface area contributed by atoms with Crippen molar-refractivity contribution in [2.45, 2.75) is 36.8 Å². The van der Waals surface area contributed by atoms with Gasteiger partial charge in [-0.3, -0.25) is 9.59 Å². The molecule has 0 spiro atoms. The summed E-state index contributed by atoms with van der Waals surface area (Å²) in [6.45, 7) is -0.295. The molecule has 1 heterocycles. The van der Waals surface area contributed by atoms with Crippen LogP contribution in [-0.4, -0.2) is 34.7 Å². The van der Waals surface area contributed by atoms with E-state index in [1.165, 1.54) is 12.1 Å². The lowest BCUT2D eigenvalue weighted by Crippen LogP contribution is -2.84. The van der Waals surface area contributed by atoms with Crippen molar-refractivity contribution < 1.29 is 32.0 Å². The number of nitrogens with one attached hydrogen (secondary N) is 2. The van der Waals surface area contributed by atoms with Crippen LogP contribution in [0.4, 0.5) is 13.2 Å². The van der Waals surface area contributed by atoms with Crippen LogP contribution in [0.25, 0.3) is 0 Å². The van der Waals surface area contributed by atoms with Crippen LogP contribution in [0.15, 0.2) is 28.8 Å². The first kappa shape index (κ1) is 19.6. The van der Waals surface area contributed by atoms with Crippen molar-refractivity contribution in [1.82, 2.24) is 15.8 Å². The number of hydrogen-bond acceptors (Lipinski definition) is 5. The molecule has 29 heavy (non-hydrogen) atoms. The van der Waals surface area contributed by atoms with Crippen LogP contribution in [0.1, 0.15) is 41.9 Å². The number of rotatable bonds is 7. The van der Waals surface area contributed by atoms with Crippen molar-refractivity contribution in [1.29, 1.82) is 0 Å². The molecule has 1 aromatic heterocycles. The zero-order chi connectivity index (χ0) is 20.8. The van der Waals surface area contributed by atoms with Crippen LogP contribution in [0.3, 0.4) is 0 Å². The van der Waals surface area contributed by atoms with E-state index < -0.39 is 34.9 Å². The molecule has 2 bridgehead atoms. The van der Waals surface area contributed by atoms with Crippen molar-refractivity contribution in [3.8, 4) is 5.75 Å². The first-order chi connectivity index (χ1) is 13.7. The summed E-state index contributed by atoms with van der Waals surface area (Å²) in [5.74, 6) is -1.76. The van der Waals surface area contributed by atoms with Gasteiger partial charge < -0.3 is 19.9 Å². The molecule has 7 nitrogen and oxygen atoms in total. The smallest absolute Gasteiger partial charge is 0.290 e. The van der Waals surface area contributed by atoms with Crippen LogP contribution >= 0.6 is 11.6 Å². The third kappa shape index (κ3) is 3.76. The molecule has 3 saturated carbocycles. The summed E-state index contributed by atoms with van der Waals surface area (Å²) in [4.78, 5) is 24.2. The number of amides is 2. The van der Waals surface area contributed by atoms with Gasteiger partial charge in [0, 0.05) is 23.2 Å². The van der Waals surface area contributed by atoms with Crippen molar-refractivity contribution in [2.75, 3.05) is 6.61 Å². The molecule has 1 aromatic carbocycles. The average Bonchev–Trinajstić information content (AvgIpc) is 3.10. The van der Waals surface area contributed by atoms with E-state index in [1.54, 1.807) is 0 Å². The highest BCUT2D eigenvalue weighted by Gasteiger charge is 2.69. The third-order valence-corrected chi connectivity index (χ3v) is 5.36. The van der Waals surface area contributed by atoms with Gasteiger partial charge in [-0.2, -0.15) is 0 Å². The van der Waals surface area contributed by atoms with Gasteiger partial charge in [-0.15, -0.1) is 0 Å². The Hall–Kier alpha value is -2.75. The molecule has 2 amide bonds. The Morgan fingerprint density at radius 3 is 2.52 bits per heavy atom. The minimum Gasteiger partial charge on any atom is -0.484 e. The summed E-state index contributed by atoms with van der Waals surface area (Å²) in [7, 11) is 0. The van der Waals surface area contributed by atoms with E-state index in [0.29, 0.717) is 19.3 Å². The van der Waals surface area contributed by atoms with E-state index in [9.17, 15) is 22.8 Å². The maximum absolute atomic E-state index is 13.4. The predicted molar refractivity (Wildman–Crippen MR) is 93.3 cm³/mol. The minimum absolute atomic E-state index is 0.0428. The number of nitrogens with zero attached hydrogens (tertiary/aromatic N) is 1. The monoisotopic (exact) mass is 429 g/mol. The molecule has 5 rings (SSSR count). The second-order valence-corrected chi connectivity index (χ2v) is 7.78. The predicted octanol–water partition coefficient (Wildman–Crippen LogP) is 3.00. The zero-order valence-corrected chi connectivity index (χ0v) is 15.6. The van der Waals surface area contributed by atoms with Crippen LogP contribution in [0, 0.1) is 5.82 Å². The van der Waals surface area contributed by atoms with E-state index in [-0.39, 0.29) is 29.0 Å². The number of carbonyl (C=O) groups excluding carboxylic acids is 2. The fraction of sp³-hybridized carbons (Fsp3) is 0.389. The number of carbonyl (C=O) groups is 2. The summed E-state index contributed by atoms with van der Waals surface area (Å²) in [6.07, 6.45) is -1.31. The van der Waals surface area contributed by atoms with Gasteiger partial charge in [0.1, 0.15) is 11.6 Å². The average molecular weight is 430 g/mol. The molecule has 3 aliphatic rings. The van der Waals surface area contributed by atoms with Crippen LogP contribution in [0.5, 0.6) is 5.75 Å². The molecule has 2 aromatic rings. The van der Waals surface area contributed by atoms with Gasteiger partial charge in [-0.05, 0) is 31.4 Å². The van der Waals surface area contributed by atoms with Crippen molar-refractivity contribution in [3.63, 3.8) is 0 Å². The Bertz CT molecular complexity index is 961. The highest BCUT2D eigenvalue weighted by molar-refractivity contribution is 6.30. The third-order valence-electron chi connectivity index (χ3n) is 5.05. The molecular weight excluding hydrogens is 415 g/mol. The molecule has 0 aliphatic heterocycles. The van der Waals surface area contributed by atoms with Crippen LogP contribution < -0.4 is 15.4 Å². The molecule has 154 valence electrons. The lowest BCUT2D eigenvalue weighted by Gasteiger charge is -2.70. The minimum atomic E-state index is -2.82. The largest absolute Gasteiger partial charge is 0.484 e. The first-order valence-corrected chi connectivity index (χ1v) is 9.03. The molecule has 0 atom stereocenters. The van der Waals surface area contributed by atoms with Crippen LogP contribution in [0.2, 0.25) is 5.02 Å². The fourth-order valence-corrected chi connectivity index (χ4v) is 4.02. The fourth-order valence-electron chi connectivity index (χ4n) is 3.90. The quantitative estimate of drug-likeness (QED) is 0.705. The summed E-state index contributed by atoms with van der Waals surface area (Å²) in [6, 6.07) is 4.77. The molecule has 0 radical (unpaired) electrons. The Morgan fingerprint density at radius 1 is 1.21 bits per heavy atom. The molecule has 2 N–H and O–H groups in total. The van der Waals surface area contributed by atoms with Gasteiger partial charge >= 0.3 is 0 Å².